The van der Waals surface area contributed by atoms with Gasteiger partial charge in [-0.3, -0.25) is 0 Å². The third kappa shape index (κ3) is 2.40. The molecule has 26 heavy (non-hydrogen) atoms. The van der Waals surface area contributed by atoms with Gasteiger partial charge < -0.3 is 10.1 Å². The minimum Gasteiger partial charge on any atom is -0.494 e. The van der Waals surface area contributed by atoms with E-state index in [4.69, 9.17) is 4.74 Å². The van der Waals surface area contributed by atoms with Crippen LogP contribution in [0.1, 0.15) is 36.4 Å². The van der Waals surface area contributed by atoms with E-state index in [0.29, 0.717) is 24.5 Å². The highest BCUT2D eigenvalue weighted by Crippen LogP contribution is 2.51. The van der Waals surface area contributed by atoms with Gasteiger partial charge in [0.1, 0.15) is 5.75 Å². The van der Waals surface area contributed by atoms with E-state index in [0.717, 1.165) is 12.2 Å². The maximum atomic E-state index is 5.74. The molecule has 5 rings (SSSR count). The molecule has 2 heteroatoms. The fourth-order valence-corrected chi connectivity index (χ4v) is 4.66. The first kappa shape index (κ1) is 15.5. The highest BCUT2D eigenvalue weighted by Gasteiger charge is 2.38. The fraction of sp³-hybridized carbons (Fsp3) is 0.250. The minimum absolute atomic E-state index is 0.326. The van der Waals surface area contributed by atoms with Crippen molar-refractivity contribution in [1.29, 1.82) is 0 Å². The van der Waals surface area contributed by atoms with E-state index in [1.165, 1.54) is 27.6 Å². The number of allylic oxidation sites excluding steroid dienone is 2. The summed E-state index contributed by atoms with van der Waals surface area (Å²) in [6.45, 7) is 2.74. The first-order valence-corrected chi connectivity index (χ1v) is 9.53. The molecule has 1 heterocycles. The number of anilines is 1. The monoisotopic (exact) mass is 341 g/mol. The summed E-state index contributed by atoms with van der Waals surface area (Å²) in [5.74, 6) is 1.97. The third-order valence-electron chi connectivity index (χ3n) is 5.80. The van der Waals surface area contributed by atoms with E-state index in [-0.39, 0.29) is 0 Å². The number of benzene rings is 3. The zero-order valence-electron chi connectivity index (χ0n) is 15.0. The van der Waals surface area contributed by atoms with Crippen LogP contribution < -0.4 is 10.1 Å². The molecule has 0 radical (unpaired) electrons. The first-order valence-electron chi connectivity index (χ1n) is 9.53. The highest BCUT2D eigenvalue weighted by atomic mass is 16.5. The predicted molar refractivity (Wildman–Crippen MR) is 108 cm³/mol. The van der Waals surface area contributed by atoms with E-state index in [1.807, 2.05) is 6.92 Å². The van der Waals surface area contributed by atoms with Crippen molar-refractivity contribution in [2.45, 2.75) is 25.3 Å². The Bertz CT molecular complexity index is 985. The molecular weight excluding hydrogens is 318 g/mol. The number of hydrogen-bond acceptors (Lipinski definition) is 2. The molecule has 2 nitrogen and oxygen atoms in total. The normalized spacial score (nSPS) is 23.3. The van der Waals surface area contributed by atoms with Crippen LogP contribution >= 0.6 is 0 Å². The van der Waals surface area contributed by atoms with Crippen LogP contribution in [0, 0.1) is 5.92 Å². The van der Waals surface area contributed by atoms with Crippen LogP contribution in [-0.4, -0.2) is 6.61 Å². The Balaban J connectivity index is 1.62. The molecule has 0 amide bonds. The summed E-state index contributed by atoms with van der Waals surface area (Å²) in [7, 11) is 0. The van der Waals surface area contributed by atoms with Crippen molar-refractivity contribution in [2.24, 2.45) is 5.92 Å². The molecule has 0 fully saturated rings. The Hall–Kier alpha value is -2.74. The van der Waals surface area contributed by atoms with Crippen LogP contribution in [0.2, 0.25) is 0 Å². The fourth-order valence-electron chi connectivity index (χ4n) is 4.66. The number of rotatable bonds is 3. The van der Waals surface area contributed by atoms with E-state index in [9.17, 15) is 0 Å². The molecule has 3 aromatic rings. The Morgan fingerprint density at radius 1 is 1.00 bits per heavy atom. The second-order valence-electron chi connectivity index (χ2n) is 7.23. The van der Waals surface area contributed by atoms with Crippen LogP contribution in [0.3, 0.4) is 0 Å². The molecule has 3 unspecified atom stereocenters. The molecule has 1 aliphatic carbocycles. The molecule has 3 aromatic carbocycles. The summed E-state index contributed by atoms with van der Waals surface area (Å²) in [5.41, 5.74) is 4.01. The summed E-state index contributed by atoms with van der Waals surface area (Å²) in [6, 6.07) is 22.2. The van der Waals surface area contributed by atoms with Gasteiger partial charge >= 0.3 is 0 Å². The average molecular weight is 341 g/mol. The molecule has 2 aliphatic rings. The van der Waals surface area contributed by atoms with Gasteiger partial charge in [0, 0.05) is 11.6 Å². The SMILES string of the molecule is CCOc1ccc2c(c1)C1C=CCC1C(c1cccc3ccccc13)N2. The Kier molecular flexibility index (Phi) is 3.70. The Labute approximate surface area is 154 Å². The molecule has 0 spiro atoms. The predicted octanol–water partition coefficient (Wildman–Crippen LogP) is 6.07. The number of fused-ring (bicyclic) bond motifs is 4. The summed E-state index contributed by atoms with van der Waals surface area (Å²) < 4.78 is 5.74. The van der Waals surface area contributed by atoms with Crippen molar-refractivity contribution < 1.29 is 4.74 Å². The Morgan fingerprint density at radius 3 is 2.81 bits per heavy atom. The van der Waals surface area contributed by atoms with E-state index >= 15 is 0 Å². The van der Waals surface area contributed by atoms with Crippen LogP contribution in [0.15, 0.2) is 72.8 Å². The largest absolute Gasteiger partial charge is 0.494 e. The highest BCUT2D eigenvalue weighted by molar-refractivity contribution is 5.86. The lowest BCUT2D eigenvalue weighted by Crippen LogP contribution is -2.29. The molecule has 0 saturated carbocycles. The van der Waals surface area contributed by atoms with Crippen LogP contribution in [0.4, 0.5) is 5.69 Å². The zero-order chi connectivity index (χ0) is 17.5. The lowest BCUT2D eigenvalue weighted by atomic mass is 9.76. The van der Waals surface area contributed by atoms with Crippen molar-refractivity contribution in [3.05, 3.63) is 83.9 Å². The van der Waals surface area contributed by atoms with Crippen molar-refractivity contribution in [1.82, 2.24) is 0 Å². The number of hydrogen-bond donors (Lipinski definition) is 1. The van der Waals surface area contributed by atoms with Crippen LogP contribution in [0.5, 0.6) is 5.75 Å². The zero-order valence-corrected chi connectivity index (χ0v) is 15.0. The smallest absolute Gasteiger partial charge is 0.119 e. The molecule has 1 N–H and O–H groups in total. The van der Waals surface area contributed by atoms with Crippen LogP contribution in [0.25, 0.3) is 10.8 Å². The van der Waals surface area contributed by atoms with E-state index in [2.05, 4.69) is 78.1 Å². The van der Waals surface area contributed by atoms with Gasteiger partial charge in [0.15, 0.2) is 0 Å². The van der Waals surface area contributed by atoms with Crippen molar-refractivity contribution in [3.8, 4) is 5.75 Å². The quantitative estimate of drug-likeness (QED) is 0.584. The van der Waals surface area contributed by atoms with Crippen LogP contribution in [-0.2, 0) is 0 Å². The van der Waals surface area contributed by atoms with Gasteiger partial charge in [-0.1, -0.05) is 54.6 Å². The topological polar surface area (TPSA) is 21.3 Å². The maximum absolute atomic E-state index is 5.74. The molecule has 130 valence electrons. The van der Waals surface area contributed by atoms with Crippen molar-refractivity contribution >= 4 is 16.5 Å². The summed E-state index contributed by atoms with van der Waals surface area (Å²) >= 11 is 0. The van der Waals surface area contributed by atoms with Gasteiger partial charge in [-0.2, -0.15) is 0 Å². The first-order chi connectivity index (χ1) is 12.8. The summed E-state index contributed by atoms with van der Waals surface area (Å²) in [4.78, 5) is 0. The number of ether oxygens (including phenoxy) is 1. The maximum Gasteiger partial charge on any atom is 0.119 e. The van der Waals surface area contributed by atoms with Gasteiger partial charge in [-0.05, 0) is 59.4 Å². The van der Waals surface area contributed by atoms with E-state index in [1.54, 1.807) is 0 Å². The summed E-state index contributed by atoms with van der Waals surface area (Å²) in [6.07, 6.45) is 5.85. The molecule has 0 bridgehead atoms. The second-order valence-corrected chi connectivity index (χ2v) is 7.23. The third-order valence-corrected chi connectivity index (χ3v) is 5.80. The summed E-state index contributed by atoms with van der Waals surface area (Å²) in [5, 5.41) is 6.52. The van der Waals surface area contributed by atoms with Gasteiger partial charge in [0.2, 0.25) is 0 Å². The number of nitrogens with one attached hydrogen (secondary N) is 1. The van der Waals surface area contributed by atoms with Gasteiger partial charge in [0.25, 0.3) is 0 Å². The molecule has 0 saturated heterocycles. The van der Waals surface area contributed by atoms with Gasteiger partial charge in [0.05, 0.1) is 12.6 Å². The second kappa shape index (κ2) is 6.21. The van der Waals surface area contributed by atoms with E-state index < -0.39 is 0 Å². The molecular formula is C24H23NO. The van der Waals surface area contributed by atoms with Crippen molar-refractivity contribution in [2.75, 3.05) is 11.9 Å². The Morgan fingerprint density at radius 2 is 1.88 bits per heavy atom. The van der Waals surface area contributed by atoms with Gasteiger partial charge in [-0.25, -0.2) is 0 Å². The van der Waals surface area contributed by atoms with Crippen molar-refractivity contribution in [3.63, 3.8) is 0 Å². The lowest BCUT2D eigenvalue weighted by molar-refractivity contribution is 0.338. The standard InChI is InChI=1S/C24H23NO/c1-2-26-17-13-14-23-22(15-17)19-10-6-12-21(19)24(25-23)20-11-5-8-16-7-3-4-9-18(16)20/h3-11,13-15,19,21,24-25H,2,12H2,1H3. The molecule has 3 atom stereocenters. The van der Waals surface area contributed by atoms with Gasteiger partial charge in [-0.15, -0.1) is 0 Å². The molecule has 1 aliphatic heterocycles. The molecule has 0 aromatic heterocycles. The minimum atomic E-state index is 0.326. The average Bonchev–Trinajstić information content (AvgIpc) is 3.18. The lowest BCUT2D eigenvalue weighted by Gasteiger charge is -2.38.